The number of hydrogen-bond donors (Lipinski definition) is 1. The van der Waals surface area contributed by atoms with Crippen LogP contribution in [0.15, 0.2) is 0 Å². The molecular weight excluding hydrogens is 212 g/mol. The Bertz CT molecular complexity index is 197. The molecule has 102 valence electrons. The van der Waals surface area contributed by atoms with Gasteiger partial charge >= 0.3 is 0 Å². The SMILES string of the molecule is CNC1CCCC1CN(CCOC)CC(C)C. The summed E-state index contributed by atoms with van der Waals surface area (Å²) >= 11 is 0. The van der Waals surface area contributed by atoms with E-state index in [4.69, 9.17) is 4.74 Å². The van der Waals surface area contributed by atoms with Crippen LogP contribution in [0, 0.1) is 11.8 Å². The summed E-state index contributed by atoms with van der Waals surface area (Å²) in [6.45, 7) is 8.93. The van der Waals surface area contributed by atoms with Gasteiger partial charge in [0.05, 0.1) is 6.61 Å². The zero-order valence-electron chi connectivity index (χ0n) is 12.0. The first-order valence-corrected chi connectivity index (χ1v) is 7.06. The highest BCUT2D eigenvalue weighted by Crippen LogP contribution is 2.26. The molecule has 0 aromatic carbocycles. The fraction of sp³-hybridized carbons (Fsp3) is 1.00. The molecule has 1 N–H and O–H groups in total. The third kappa shape index (κ3) is 5.36. The van der Waals surface area contributed by atoms with E-state index in [1.165, 1.54) is 32.4 Å². The molecule has 1 aliphatic rings. The van der Waals surface area contributed by atoms with Gasteiger partial charge < -0.3 is 15.0 Å². The maximum atomic E-state index is 5.21. The Balaban J connectivity index is 2.40. The van der Waals surface area contributed by atoms with E-state index in [9.17, 15) is 0 Å². The Morgan fingerprint density at radius 3 is 2.71 bits per heavy atom. The normalized spacial score (nSPS) is 25.1. The van der Waals surface area contributed by atoms with E-state index in [0.29, 0.717) is 0 Å². The van der Waals surface area contributed by atoms with Crippen LogP contribution in [-0.2, 0) is 4.74 Å². The zero-order chi connectivity index (χ0) is 12.7. The maximum absolute atomic E-state index is 5.21. The average molecular weight is 242 g/mol. The minimum absolute atomic E-state index is 0.729. The minimum Gasteiger partial charge on any atom is -0.383 e. The van der Waals surface area contributed by atoms with Crippen LogP contribution in [0.3, 0.4) is 0 Å². The topological polar surface area (TPSA) is 24.5 Å². The van der Waals surface area contributed by atoms with Crippen LogP contribution < -0.4 is 5.32 Å². The third-order valence-electron chi connectivity index (χ3n) is 3.76. The Labute approximate surface area is 107 Å². The van der Waals surface area contributed by atoms with Gasteiger partial charge in [-0.05, 0) is 31.7 Å². The van der Waals surface area contributed by atoms with Crippen LogP contribution in [-0.4, -0.2) is 51.3 Å². The quantitative estimate of drug-likeness (QED) is 0.704. The monoisotopic (exact) mass is 242 g/mol. The lowest BCUT2D eigenvalue weighted by Gasteiger charge is -2.29. The van der Waals surface area contributed by atoms with Crippen molar-refractivity contribution in [3.63, 3.8) is 0 Å². The molecule has 0 saturated heterocycles. The van der Waals surface area contributed by atoms with Gasteiger partial charge in [0.2, 0.25) is 0 Å². The molecule has 0 aliphatic heterocycles. The maximum Gasteiger partial charge on any atom is 0.0589 e. The van der Waals surface area contributed by atoms with Crippen LogP contribution >= 0.6 is 0 Å². The predicted octanol–water partition coefficient (Wildman–Crippen LogP) is 1.98. The number of ether oxygens (including phenoxy) is 1. The lowest BCUT2D eigenvalue weighted by atomic mass is 10.0. The van der Waals surface area contributed by atoms with E-state index in [1.54, 1.807) is 7.11 Å². The molecule has 2 atom stereocenters. The molecule has 3 nitrogen and oxygen atoms in total. The van der Waals surface area contributed by atoms with Crippen LogP contribution in [0.4, 0.5) is 0 Å². The number of hydrogen-bond acceptors (Lipinski definition) is 3. The van der Waals surface area contributed by atoms with Crippen LogP contribution in [0.25, 0.3) is 0 Å². The molecule has 1 fully saturated rings. The molecule has 0 amide bonds. The molecule has 0 heterocycles. The summed E-state index contributed by atoms with van der Waals surface area (Å²) < 4.78 is 5.21. The standard InChI is InChI=1S/C14H30N2O/c1-12(2)10-16(8-9-17-4)11-13-6-5-7-14(13)15-3/h12-15H,5-11H2,1-4H3. The van der Waals surface area contributed by atoms with E-state index >= 15 is 0 Å². The highest BCUT2D eigenvalue weighted by molar-refractivity contribution is 4.84. The summed E-state index contributed by atoms with van der Waals surface area (Å²) in [7, 11) is 3.89. The first kappa shape index (κ1) is 14.9. The Hall–Kier alpha value is -0.120. The van der Waals surface area contributed by atoms with E-state index in [0.717, 1.165) is 31.0 Å². The van der Waals surface area contributed by atoms with Crippen molar-refractivity contribution in [3.8, 4) is 0 Å². The molecule has 1 aliphatic carbocycles. The molecule has 1 rings (SSSR count). The zero-order valence-corrected chi connectivity index (χ0v) is 12.0. The summed E-state index contributed by atoms with van der Waals surface area (Å²) in [6.07, 6.45) is 4.12. The number of methoxy groups -OCH3 is 1. The molecule has 3 heteroatoms. The molecule has 1 saturated carbocycles. The van der Waals surface area contributed by atoms with Gasteiger partial charge in [-0.3, -0.25) is 0 Å². The molecule has 0 aromatic rings. The number of rotatable bonds is 8. The lowest BCUT2D eigenvalue weighted by Crippen LogP contribution is -2.40. The van der Waals surface area contributed by atoms with Crippen molar-refractivity contribution >= 4 is 0 Å². The first-order chi connectivity index (χ1) is 8.17. The Morgan fingerprint density at radius 1 is 1.35 bits per heavy atom. The Morgan fingerprint density at radius 2 is 2.12 bits per heavy atom. The predicted molar refractivity (Wildman–Crippen MR) is 73.3 cm³/mol. The highest BCUT2D eigenvalue weighted by atomic mass is 16.5. The van der Waals surface area contributed by atoms with Gasteiger partial charge in [-0.2, -0.15) is 0 Å². The average Bonchev–Trinajstić information content (AvgIpc) is 2.72. The summed E-state index contributed by atoms with van der Waals surface area (Å²) in [5.41, 5.74) is 0. The van der Waals surface area contributed by atoms with Gasteiger partial charge in [0.15, 0.2) is 0 Å². The van der Waals surface area contributed by atoms with Gasteiger partial charge in [-0.15, -0.1) is 0 Å². The Kier molecular flexibility index (Phi) is 7.09. The van der Waals surface area contributed by atoms with Crippen molar-refractivity contribution in [1.82, 2.24) is 10.2 Å². The molecular formula is C14H30N2O. The second-order valence-electron chi connectivity index (χ2n) is 5.73. The summed E-state index contributed by atoms with van der Waals surface area (Å²) in [6, 6.07) is 0.729. The van der Waals surface area contributed by atoms with Crippen LogP contribution in [0.1, 0.15) is 33.1 Å². The van der Waals surface area contributed by atoms with E-state index < -0.39 is 0 Å². The third-order valence-corrected chi connectivity index (χ3v) is 3.76. The van der Waals surface area contributed by atoms with E-state index in [1.807, 2.05) is 0 Å². The summed E-state index contributed by atoms with van der Waals surface area (Å²) in [4.78, 5) is 2.58. The van der Waals surface area contributed by atoms with Crippen molar-refractivity contribution < 1.29 is 4.74 Å². The fourth-order valence-corrected chi connectivity index (χ4v) is 2.96. The molecule has 0 aromatic heterocycles. The summed E-state index contributed by atoms with van der Waals surface area (Å²) in [5.74, 6) is 1.57. The lowest BCUT2D eigenvalue weighted by molar-refractivity contribution is 0.125. The van der Waals surface area contributed by atoms with Crippen molar-refractivity contribution in [1.29, 1.82) is 0 Å². The van der Waals surface area contributed by atoms with Crippen LogP contribution in [0.5, 0.6) is 0 Å². The summed E-state index contributed by atoms with van der Waals surface area (Å²) in [5, 5.41) is 3.47. The van der Waals surface area contributed by atoms with Gasteiger partial charge in [0, 0.05) is 32.8 Å². The smallest absolute Gasteiger partial charge is 0.0589 e. The van der Waals surface area contributed by atoms with Gasteiger partial charge in [-0.1, -0.05) is 20.3 Å². The van der Waals surface area contributed by atoms with E-state index in [-0.39, 0.29) is 0 Å². The minimum atomic E-state index is 0.729. The van der Waals surface area contributed by atoms with Crippen molar-refractivity contribution in [3.05, 3.63) is 0 Å². The highest BCUT2D eigenvalue weighted by Gasteiger charge is 2.27. The largest absolute Gasteiger partial charge is 0.383 e. The molecule has 17 heavy (non-hydrogen) atoms. The van der Waals surface area contributed by atoms with Gasteiger partial charge in [0.1, 0.15) is 0 Å². The number of nitrogens with zero attached hydrogens (tertiary/aromatic N) is 1. The first-order valence-electron chi connectivity index (χ1n) is 7.06. The second-order valence-corrected chi connectivity index (χ2v) is 5.73. The van der Waals surface area contributed by atoms with Crippen molar-refractivity contribution in [2.75, 3.05) is 40.4 Å². The molecule has 2 unspecified atom stereocenters. The van der Waals surface area contributed by atoms with Crippen molar-refractivity contribution in [2.24, 2.45) is 11.8 Å². The van der Waals surface area contributed by atoms with Gasteiger partial charge in [-0.25, -0.2) is 0 Å². The van der Waals surface area contributed by atoms with Crippen molar-refractivity contribution in [2.45, 2.75) is 39.2 Å². The molecule has 0 bridgehead atoms. The second kappa shape index (κ2) is 8.06. The number of nitrogens with one attached hydrogen (secondary N) is 1. The molecule has 0 spiro atoms. The van der Waals surface area contributed by atoms with Gasteiger partial charge in [0.25, 0.3) is 0 Å². The van der Waals surface area contributed by atoms with E-state index in [2.05, 4.69) is 31.1 Å². The fourth-order valence-electron chi connectivity index (χ4n) is 2.96. The molecule has 0 radical (unpaired) electrons. The van der Waals surface area contributed by atoms with Crippen LogP contribution in [0.2, 0.25) is 0 Å².